The number of halogens is 1. The van der Waals surface area contributed by atoms with E-state index < -0.39 is 15.1 Å². The van der Waals surface area contributed by atoms with E-state index >= 15 is 0 Å². The molecule has 4 nitrogen and oxygen atoms in total. The van der Waals surface area contributed by atoms with Crippen LogP contribution < -0.4 is 5.73 Å². The smallest absolute Gasteiger partial charge is 0.195 e. The standard InChI is InChI=1S/C9H9ClN2O2S/c1-6(5-11)15(13,14)9-4-7(12)2-3-8(9)10/h2-4,6H,12H2,1H3. The van der Waals surface area contributed by atoms with Crippen molar-refractivity contribution in [3.05, 3.63) is 23.2 Å². The minimum atomic E-state index is -3.72. The first kappa shape index (κ1) is 11.8. The van der Waals surface area contributed by atoms with Gasteiger partial charge >= 0.3 is 0 Å². The van der Waals surface area contributed by atoms with E-state index in [1.165, 1.54) is 25.1 Å². The van der Waals surface area contributed by atoms with Crippen LogP contribution >= 0.6 is 11.6 Å². The first-order chi connectivity index (χ1) is 6.89. The Morgan fingerprint density at radius 3 is 2.67 bits per heavy atom. The van der Waals surface area contributed by atoms with Crippen molar-refractivity contribution in [1.82, 2.24) is 0 Å². The molecule has 0 aromatic heterocycles. The Bertz CT molecular complexity index is 519. The molecule has 0 aliphatic heterocycles. The molecule has 0 bridgehead atoms. The Morgan fingerprint density at radius 2 is 2.13 bits per heavy atom. The van der Waals surface area contributed by atoms with Gasteiger partial charge in [-0.05, 0) is 25.1 Å². The van der Waals surface area contributed by atoms with Crippen molar-refractivity contribution in [2.75, 3.05) is 5.73 Å². The van der Waals surface area contributed by atoms with Crippen LogP contribution in [0.2, 0.25) is 5.02 Å². The summed E-state index contributed by atoms with van der Waals surface area (Å²) in [6, 6.07) is 5.81. The average Bonchev–Trinajstić information content (AvgIpc) is 2.20. The van der Waals surface area contributed by atoms with Crippen LogP contribution in [-0.2, 0) is 9.84 Å². The van der Waals surface area contributed by atoms with Crippen molar-refractivity contribution in [3.63, 3.8) is 0 Å². The molecule has 0 radical (unpaired) electrons. The normalized spacial score (nSPS) is 13.1. The van der Waals surface area contributed by atoms with E-state index in [1.54, 1.807) is 6.07 Å². The Labute approximate surface area is 93.2 Å². The molecule has 1 aromatic rings. The fourth-order valence-electron chi connectivity index (χ4n) is 0.998. The van der Waals surface area contributed by atoms with Crippen molar-refractivity contribution in [3.8, 4) is 6.07 Å². The summed E-state index contributed by atoms with van der Waals surface area (Å²) in [7, 11) is -3.72. The third-order valence-corrected chi connectivity index (χ3v) is 4.34. The topological polar surface area (TPSA) is 84.0 Å². The summed E-state index contributed by atoms with van der Waals surface area (Å²) in [6.07, 6.45) is 0. The lowest BCUT2D eigenvalue weighted by molar-refractivity contribution is 0.592. The second kappa shape index (κ2) is 4.09. The molecule has 0 spiro atoms. The summed E-state index contributed by atoms with van der Waals surface area (Å²) < 4.78 is 23.5. The number of rotatable bonds is 2. The first-order valence-electron chi connectivity index (χ1n) is 4.08. The molecule has 15 heavy (non-hydrogen) atoms. The maximum Gasteiger partial charge on any atom is 0.195 e. The maximum atomic E-state index is 11.8. The third kappa shape index (κ3) is 2.22. The maximum absolute atomic E-state index is 11.8. The number of hydrogen-bond donors (Lipinski definition) is 1. The van der Waals surface area contributed by atoms with E-state index in [-0.39, 0.29) is 9.92 Å². The van der Waals surface area contributed by atoms with E-state index in [1.807, 2.05) is 0 Å². The molecule has 0 aliphatic rings. The summed E-state index contributed by atoms with van der Waals surface area (Å²) in [6.45, 7) is 1.30. The molecule has 0 amide bonds. The Morgan fingerprint density at radius 1 is 1.53 bits per heavy atom. The second-order valence-electron chi connectivity index (χ2n) is 3.01. The van der Waals surface area contributed by atoms with Crippen LogP contribution in [0, 0.1) is 11.3 Å². The molecule has 0 aliphatic carbocycles. The van der Waals surface area contributed by atoms with Gasteiger partial charge in [0.25, 0.3) is 0 Å². The number of hydrogen-bond acceptors (Lipinski definition) is 4. The molecular formula is C9H9ClN2O2S. The van der Waals surface area contributed by atoms with Crippen LogP contribution in [-0.4, -0.2) is 13.7 Å². The number of nitrogens with two attached hydrogens (primary N) is 1. The number of nitrogens with zero attached hydrogens (tertiary/aromatic N) is 1. The third-order valence-electron chi connectivity index (χ3n) is 1.91. The van der Waals surface area contributed by atoms with Crippen LogP contribution in [0.15, 0.2) is 23.1 Å². The quantitative estimate of drug-likeness (QED) is 0.801. The van der Waals surface area contributed by atoms with Gasteiger partial charge in [0.05, 0.1) is 16.0 Å². The van der Waals surface area contributed by atoms with Gasteiger partial charge in [-0.2, -0.15) is 5.26 Å². The van der Waals surface area contributed by atoms with E-state index in [0.29, 0.717) is 5.69 Å². The van der Waals surface area contributed by atoms with Crippen molar-refractivity contribution in [1.29, 1.82) is 5.26 Å². The molecule has 0 fully saturated rings. The van der Waals surface area contributed by atoms with Gasteiger partial charge in [0.15, 0.2) is 9.84 Å². The summed E-state index contributed by atoms with van der Waals surface area (Å²) in [5.41, 5.74) is 5.75. The molecule has 0 heterocycles. The average molecular weight is 245 g/mol. The van der Waals surface area contributed by atoms with E-state index in [4.69, 9.17) is 22.6 Å². The summed E-state index contributed by atoms with van der Waals surface area (Å²) >= 11 is 5.74. The molecule has 1 unspecified atom stereocenters. The predicted octanol–water partition coefficient (Wildman–Crippen LogP) is 1.61. The fourth-order valence-corrected chi connectivity index (χ4v) is 2.60. The number of sulfone groups is 1. The molecular weight excluding hydrogens is 236 g/mol. The summed E-state index contributed by atoms with van der Waals surface area (Å²) in [5.74, 6) is 0. The second-order valence-corrected chi connectivity index (χ2v) is 5.65. The zero-order valence-electron chi connectivity index (χ0n) is 7.94. The molecule has 1 atom stereocenters. The van der Waals surface area contributed by atoms with Crippen molar-refractivity contribution in [2.24, 2.45) is 0 Å². The molecule has 0 saturated carbocycles. The monoisotopic (exact) mass is 244 g/mol. The van der Waals surface area contributed by atoms with Gasteiger partial charge in [-0.25, -0.2) is 8.42 Å². The molecule has 6 heteroatoms. The molecule has 0 saturated heterocycles. The van der Waals surface area contributed by atoms with Gasteiger partial charge in [0.2, 0.25) is 0 Å². The zero-order valence-corrected chi connectivity index (χ0v) is 9.51. The lowest BCUT2D eigenvalue weighted by Crippen LogP contribution is -2.16. The molecule has 1 aromatic carbocycles. The van der Waals surface area contributed by atoms with Crippen molar-refractivity contribution < 1.29 is 8.42 Å². The summed E-state index contributed by atoms with van der Waals surface area (Å²) in [5, 5.41) is 7.52. The fraction of sp³-hybridized carbons (Fsp3) is 0.222. The Kier molecular flexibility index (Phi) is 3.22. The Hall–Kier alpha value is -1.25. The largest absolute Gasteiger partial charge is 0.399 e. The van der Waals surface area contributed by atoms with E-state index in [2.05, 4.69) is 0 Å². The highest BCUT2D eigenvalue weighted by Gasteiger charge is 2.25. The molecule has 2 N–H and O–H groups in total. The minimum absolute atomic E-state index is 0.0753. The van der Waals surface area contributed by atoms with Crippen LogP contribution in [0.1, 0.15) is 6.92 Å². The van der Waals surface area contributed by atoms with Gasteiger partial charge in [-0.15, -0.1) is 0 Å². The van der Waals surface area contributed by atoms with Crippen LogP contribution in [0.25, 0.3) is 0 Å². The highest BCUT2D eigenvalue weighted by Crippen LogP contribution is 2.26. The van der Waals surface area contributed by atoms with Gasteiger partial charge in [-0.3, -0.25) is 0 Å². The van der Waals surface area contributed by atoms with Gasteiger partial charge in [-0.1, -0.05) is 11.6 Å². The van der Waals surface area contributed by atoms with Gasteiger partial charge in [0, 0.05) is 5.69 Å². The SMILES string of the molecule is CC(C#N)S(=O)(=O)c1cc(N)ccc1Cl. The predicted molar refractivity (Wildman–Crippen MR) is 58.1 cm³/mol. The molecule has 80 valence electrons. The summed E-state index contributed by atoms with van der Waals surface area (Å²) in [4.78, 5) is -0.0989. The highest BCUT2D eigenvalue weighted by molar-refractivity contribution is 7.92. The van der Waals surface area contributed by atoms with E-state index in [0.717, 1.165) is 0 Å². The lowest BCUT2D eigenvalue weighted by atomic mass is 10.3. The molecule has 1 rings (SSSR count). The zero-order chi connectivity index (χ0) is 11.6. The Balaban J connectivity index is 3.41. The van der Waals surface area contributed by atoms with Gasteiger partial charge in [0.1, 0.15) is 5.25 Å². The van der Waals surface area contributed by atoms with Crippen molar-refractivity contribution in [2.45, 2.75) is 17.1 Å². The number of benzene rings is 1. The number of nitriles is 1. The number of anilines is 1. The first-order valence-corrected chi connectivity index (χ1v) is 6.00. The van der Waals surface area contributed by atoms with Crippen LogP contribution in [0.3, 0.4) is 0 Å². The van der Waals surface area contributed by atoms with E-state index in [9.17, 15) is 8.42 Å². The highest BCUT2D eigenvalue weighted by atomic mass is 35.5. The number of nitrogen functional groups attached to an aromatic ring is 1. The van der Waals surface area contributed by atoms with Crippen molar-refractivity contribution >= 4 is 27.1 Å². The minimum Gasteiger partial charge on any atom is -0.399 e. The van der Waals surface area contributed by atoms with Crippen LogP contribution in [0.4, 0.5) is 5.69 Å². The van der Waals surface area contributed by atoms with Crippen LogP contribution in [0.5, 0.6) is 0 Å². The van der Waals surface area contributed by atoms with Gasteiger partial charge < -0.3 is 5.73 Å². The lowest BCUT2D eigenvalue weighted by Gasteiger charge is -2.08.